The number of fused-ring (bicyclic) bond motifs is 1. The van der Waals surface area contributed by atoms with E-state index in [4.69, 9.17) is 0 Å². The van der Waals surface area contributed by atoms with Gasteiger partial charge in [-0.25, -0.2) is 4.98 Å². The van der Waals surface area contributed by atoms with Crippen LogP contribution in [0.1, 0.15) is 23.9 Å². The maximum Gasteiger partial charge on any atom is 0.260 e. The van der Waals surface area contributed by atoms with Gasteiger partial charge >= 0.3 is 0 Å². The fourth-order valence-corrected chi connectivity index (χ4v) is 4.42. The van der Waals surface area contributed by atoms with Crippen molar-refractivity contribution in [3.8, 4) is 11.1 Å². The van der Waals surface area contributed by atoms with Gasteiger partial charge in [-0.2, -0.15) is 0 Å². The Morgan fingerprint density at radius 1 is 1.10 bits per heavy atom. The van der Waals surface area contributed by atoms with Gasteiger partial charge in [-0.3, -0.25) is 9.59 Å². The van der Waals surface area contributed by atoms with Crippen LogP contribution in [-0.2, 0) is 17.8 Å². The minimum Gasteiger partial charge on any atom is -0.338 e. The normalized spacial score (nSPS) is 11.0. The second kappa shape index (κ2) is 8.63. The van der Waals surface area contributed by atoms with E-state index < -0.39 is 0 Å². The van der Waals surface area contributed by atoms with Gasteiger partial charge in [0.2, 0.25) is 5.91 Å². The van der Waals surface area contributed by atoms with Crippen LogP contribution in [0.15, 0.2) is 64.8 Å². The summed E-state index contributed by atoms with van der Waals surface area (Å²) in [5.41, 5.74) is 3.90. The van der Waals surface area contributed by atoms with Gasteiger partial charge < -0.3 is 9.88 Å². The van der Waals surface area contributed by atoms with Crippen molar-refractivity contribution in [2.75, 3.05) is 6.54 Å². The summed E-state index contributed by atoms with van der Waals surface area (Å²) < 4.78 is 0. The predicted octanol–water partition coefficient (Wildman–Crippen LogP) is 4.55. The first-order valence-corrected chi connectivity index (χ1v) is 10.8. The number of aryl methyl sites for hydroxylation is 1. The lowest BCUT2D eigenvalue weighted by Crippen LogP contribution is -2.32. The molecule has 4 rings (SSSR count). The summed E-state index contributed by atoms with van der Waals surface area (Å²) in [4.78, 5) is 35.5. The average Bonchev–Trinajstić information content (AvgIpc) is 3.17. The zero-order valence-electron chi connectivity index (χ0n) is 17.0. The summed E-state index contributed by atoms with van der Waals surface area (Å²) in [7, 11) is 0. The van der Waals surface area contributed by atoms with Gasteiger partial charge in [-0.15, -0.1) is 11.3 Å². The molecule has 0 unspecified atom stereocenters. The molecule has 6 heteroatoms. The van der Waals surface area contributed by atoms with Crippen molar-refractivity contribution in [1.29, 1.82) is 0 Å². The van der Waals surface area contributed by atoms with E-state index >= 15 is 0 Å². The van der Waals surface area contributed by atoms with Crippen molar-refractivity contribution < 1.29 is 4.79 Å². The summed E-state index contributed by atoms with van der Waals surface area (Å²) in [6.45, 7) is 5.12. The minimum absolute atomic E-state index is 0.0563. The maximum absolute atomic E-state index is 12.8. The standard InChI is InChI=1S/C24H23N3O2S/c1-3-27(14-17-7-5-4-6-8-17)21(28)13-20-25-23(29)22-19(15-30-24(22)26-20)18-11-9-16(2)10-12-18/h4-12,15H,3,13-14H2,1-2H3,(H,25,26,29). The molecule has 0 saturated heterocycles. The number of rotatable bonds is 6. The van der Waals surface area contributed by atoms with E-state index in [2.05, 4.69) is 9.97 Å². The highest BCUT2D eigenvalue weighted by Gasteiger charge is 2.17. The van der Waals surface area contributed by atoms with Crippen LogP contribution in [0.2, 0.25) is 0 Å². The third-order valence-corrected chi connectivity index (χ3v) is 6.00. The number of benzene rings is 2. The Hall–Kier alpha value is -3.25. The van der Waals surface area contributed by atoms with Crippen LogP contribution in [-0.4, -0.2) is 27.3 Å². The van der Waals surface area contributed by atoms with Crippen molar-refractivity contribution >= 4 is 27.5 Å². The highest BCUT2D eigenvalue weighted by Crippen LogP contribution is 2.30. The lowest BCUT2D eigenvalue weighted by Gasteiger charge is -2.20. The van der Waals surface area contributed by atoms with Crippen LogP contribution in [0.3, 0.4) is 0 Å². The molecule has 1 N–H and O–H groups in total. The molecule has 2 aromatic heterocycles. The van der Waals surface area contributed by atoms with Crippen LogP contribution in [0.25, 0.3) is 21.3 Å². The molecule has 0 saturated carbocycles. The van der Waals surface area contributed by atoms with E-state index in [-0.39, 0.29) is 17.9 Å². The van der Waals surface area contributed by atoms with Crippen LogP contribution in [0, 0.1) is 6.92 Å². The van der Waals surface area contributed by atoms with Gasteiger partial charge in [0.05, 0.1) is 11.8 Å². The van der Waals surface area contributed by atoms with E-state index in [1.165, 1.54) is 16.9 Å². The summed E-state index contributed by atoms with van der Waals surface area (Å²) >= 11 is 1.43. The molecule has 152 valence electrons. The smallest absolute Gasteiger partial charge is 0.260 e. The number of nitrogens with one attached hydrogen (secondary N) is 1. The maximum atomic E-state index is 12.8. The number of H-pyrrole nitrogens is 1. The van der Waals surface area contributed by atoms with Crippen molar-refractivity contribution in [2.24, 2.45) is 0 Å². The topological polar surface area (TPSA) is 66.1 Å². The zero-order valence-corrected chi connectivity index (χ0v) is 17.8. The first kappa shape index (κ1) is 20.0. The van der Waals surface area contributed by atoms with Gasteiger partial charge in [-0.1, -0.05) is 60.2 Å². The van der Waals surface area contributed by atoms with E-state index in [0.29, 0.717) is 29.1 Å². The third kappa shape index (κ3) is 4.19. The van der Waals surface area contributed by atoms with Crippen LogP contribution < -0.4 is 5.56 Å². The van der Waals surface area contributed by atoms with Crippen molar-refractivity contribution in [3.05, 3.63) is 87.3 Å². The number of aromatic nitrogens is 2. The number of amides is 1. The van der Waals surface area contributed by atoms with E-state index in [9.17, 15) is 9.59 Å². The molecule has 0 radical (unpaired) electrons. The first-order valence-electron chi connectivity index (χ1n) is 9.94. The summed E-state index contributed by atoms with van der Waals surface area (Å²) in [5, 5.41) is 2.54. The van der Waals surface area contributed by atoms with Crippen molar-refractivity contribution in [1.82, 2.24) is 14.9 Å². The molecule has 0 bridgehead atoms. The number of hydrogen-bond acceptors (Lipinski definition) is 4. The van der Waals surface area contributed by atoms with Gasteiger partial charge in [0, 0.05) is 24.0 Å². The second-order valence-electron chi connectivity index (χ2n) is 7.28. The Morgan fingerprint density at radius 3 is 2.53 bits per heavy atom. The number of aromatic amines is 1. The van der Waals surface area contributed by atoms with Gasteiger partial charge in [0.25, 0.3) is 5.56 Å². The largest absolute Gasteiger partial charge is 0.338 e. The van der Waals surface area contributed by atoms with Crippen molar-refractivity contribution in [3.63, 3.8) is 0 Å². The van der Waals surface area contributed by atoms with Gasteiger partial charge in [0.1, 0.15) is 10.7 Å². The molecule has 0 aliphatic rings. The monoisotopic (exact) mass is 417 g/mol. The summed E-state index contributed by atoms with van der Waals surface area (Å²) in [6.07, 6.45) is 0.0730. The zero-order chi connectivity index (χ0) is 21.1. The fourth-order valence-electron chi connectivity index (χ4n) is 3.46. The molecule has 2 heterocycles. The Labute approximate surface area is 179 Å². The van der Waals surface area contributed by atoms with E-state index in [1.807, 2.05) is 73.8 Å². The molecule has 2 aromatic carbocycles. The third-order valence-electron chi connectivity index (χ3n) is 5.12. The number of likely N-dealkylation sites (N-methyl/N-ethyl adjacent to an activating group) is 1. The highest BCUT2D eigenvalue weighted by molar-refractivity contribution is 7.17. The molecular formula is C24H23N3O2S. The predicted molar refractivity (Wildman–Crippen MR) is 122 cm³/mol. The number of hydrogen-bond donors (Lipinski definition) is 1. The van der Waals surface area contributed by atoms with Crippen LogP contribution >= 0.6 is 11.3 Å². The molecule has 5 nitrogen and oxygen atoms in total. The molecule has 0 fully saturated rings. The van der Waals surface area contributed by atoms with E-state index in [0.717, 1.165) is 16.7 Å². The van der Waals surface area contributed by atoms with E-state index in [1.54, 1.807) is 4.90 Å². The SMILES string of the molecule is CCN(Cc1ccccc1)C(=O)Cc1nc2scc(-c3ccc(C)cc3)c2c(=O)[nH]1. The minimum atomic E-state index is -0.203. The number of nitrogens with zero attached hydrogens (tertiary/aromatic N) is 2. The quantitative estimate of drug-likeness (QED) is 0.500. The fraction of sp³-hybridized carbons (Fsp3) is 0.208. The Balaban J connectivity index is 1.58. The molecule has 1 amide bonds. The highest BCUT2D eigenvalue weighted by atomic mass is 32.1. The molecule has 0 atom stereocenters. The molecule has 4 aromatic rings. The molecule has 30 heavy (non-hydrogen) atoms. The summed E-state index contributed by atoms with van der Waals surface area (Å²) in [5.74, 6) is 0.348. The second-order valence-corrected chi connectivity index (χ2v) is 8.14. The van der Waals surface area contributed by atoms with Crippen molar-refractivity contribution in [2.45, 2.75) is 26.8 Å². The van der Waals surface area contributed by atoms with Crippen LogP contribution in [0.5, 0.6) is 0 Å². The van der Waals surface area contributed by atoms with Gasteiger partial charge in [-0.05, 0) is 25.0 Å². The Kier molecular flexibility index (Phi) is 5.77. The average molecular weight is 418 g/mol. The molecule has 0 aliphatic heterocycles. The number of thiophene rings is 1. The Bertz CT molecular complexity index is 1230. The number of carbonyl (C=O) groups excluding carboxylic acids is 1. The first-order chi connectivity index (χ1) is 14.5. The lowest BCUT2D eigenvalue weighted by atomic mass is 10.1. The van der Waals surface area contributed by atoms with Gasteiger partial charge in [0.15, 0.2) is 0 Å². The van der Waals surface area contributed by atoms with Crippen LogP contribution in [0.4, 0.5) is 0 Å². The molecule has 0 aliphatic carbocycles. The lowest BCUT2D eigenvalue weighted by molar-refractivity contribution is -0.131. The number of carbonyl (C=O) groups is 1. The Morgan fingerprint density at radius 2 is 1.83 bits per heavy atom. The molecular weight excluding hydrogens is 394 g/mol. The summed E-state index contributed by atoms with van der Waals surface area (Å²) in [6, 6.07) is 18.0. The molecule has 0 spiro atoms.